The van der Waals surface area contributed by atoms with Gasteiger partial charge in [0.25, 0.3) is 10.2 Å². The van der Waals surface area contributed by atoms with E-state index in [2.05, 4.69) is 4.72 Å². The van der Waals surface area contributed by atoms with Gasteiger partial charge in [0.2, 0.25) is 0 Å². The normalized spacial score (nSPS) is 15.1. The minimum Gasteiger partial charge on any atom is -0.395 e. The number of rotatable bonds is 6. The summed E-state index contributed by atoms with van der Waals surface area (Å²) < 4.78 is 26.7. The lowest BCUT2D eigenvalue weighted by Crippen LogP contribution is -2.45. The Bertz CT molecular complexity index is 251. The molecule has 0 radical (unpaired) electrons. The maximum Gasteiger partial charge on any atom is 0.279 e. The highest BCUT2D eigenvalue weighted by Crippen LogP contribution is 2.01. The van der Waals surface area contributed by atoms with Gasteiger partial charge in [-0.15, -0.1) is 0 Å². The largest absolute Gasteiger partial charge is 0.395 e. The van der Waals surface area contributed by atoms with E-state index in [9.17, 15) is 8.42 Å². The molecule has 0 rings (SSSR count). The van der Waals surface area contributed by atoms with Gasteiger partial charge in [0.05, 0.1) is 6.61 Å². The van der Waals surface area contributed by atoms with Gasteiger partial charge in [-0.25, -0.2) is 4.72 Å². The van der Waals surface area contributed by atoms with Gasteiger partial charge in [-0.05, 0) is 12.8 Å². The van der Waals surface area contributed by atoms with Crippen molar-refractivity contribution in [2.75, 3.05) is 20.2 Å². The van der Waals surface area contributed by atoms with Crippen LogP contribution in [-0.4, -0.2) is 44.1 Å². The Kier molecular flexibility index (Phi) is 5.58. The number of likely N-dealkylation sites (N-methyl/N-ethyl adjacent to an activating group) is 1. The molecule has 6 heteroatoms. The molecule has 0 aliphatic heterocycles. The molecule has 0 aromatic rings. The van der Waals surface area contributed by atoms with E-state index in [1.54, 1.807) is 6.92 Å². The van der Waals surface area contributed by atoms with Gasteiger partial charge in [-0.2, -0.15) is 12.7 Å². The van der Waals surface area contributed by atoms with Crippen LogP contribution in [0.5, 0.6) is 0 Å². The van der Waals surface area contributed by atoms with Crippen LogP contribution in [0.15, 0.2) is 0 Å². The third-order valence-electron chi connectivity index (χ3n) is 1.94. The number of hydrogen-bond donors (Lipinski definition) is 2. The second-order valence-corrected chi connectivity index (χ2v) is 5.61. The zero-order chi connectivity index (χ0) is 11.4. The molecule has 1 unspecified atom stereocenters. The molecule has 0 aliphatic carbocycles. The predicted octanol–water partition coefficient (Wildman–Crippen LogP) is -0.211. The van der Waals surface area contributed by atoms with Crippen molar-refractivity contribution in [1.29, 1.82) is 0 Å². The molecule has 86 valence electrons. The van der Waals surface area contributed by atoms with E-state index in [0.29, 0.717) is 6.54 Å². The van der Waals surface area contributed by atoms with Crippen LogP contribution in [-0.2, 0) is 10.2 Å². The zero-order valence-corrected chi connectivity index (χ0v) is 10.0. The van der Waals surface area contributed by atoms with Crippen LogP contribution in [0.1, 0.15) is 20.8 Å². The second-order valence-electron chi connectivity index (χ2n) is 3.80. The first kappa shape index (κ1) is 13.8. The number of aliphatic hydroxyl groups is 1. The average Bonchev–Trinajstić information content (AvgIpc) is 2.12. The Morgan fingerprint density at radius 2 is 1.86 bits per heavy atom. The Balaban J connectivity index is 4.32. The quantitative estimate of drug-likeness (QED) is 0.656. The van der Waals surface area contributed by atoms with Gasteiger partial charge < -0.3 is 5.11 Å². The van der Waals surface area contributed by atoms with Crippen molar-refractivity contribution in [2.24, 2.45) is 5.92 Å². The first-order chi connectivity index (χ1) is 6.31. The highest BCUT2D eigenvalue weighted by molar-refractivity contribution is 7.87. The average molecular weight is 224 g/mol. The van der Waals surface area contributed by atoms with Crippen LogP contribution in [0.4, 0.5) is 0 Å². The lowest BCUT2D eigenvalue weighted by Gasteiger charge is -2.23. The van der Waals surface area contributed by atoms with Crippen molar-refractivity contribution in [2.45, 2.75) is 26.8 Å². The molecule has 0 fully saturated rings. The lowest BCUT2D eigenvalue weighted by atomic mass is 10.2. The van der Waals surface area contributed by atoms with Gasteiger partial charge in [0.15, 0.2) is 0 Å². The molecule has 0 saturated heterocycles. The lowest BCUT2D eigenvalue weighted by molar-refractivity contribution is 0.212. The molecule has 0 aromatic carbocycles. The van der Waals surface area contributed by atoms with Gasteiger partial charge in [0, 0.05) is 19.6 Å². The summed E-state index contributed by atoms with van der Waals surface area (Å²) >= 11 is 0. The number of hydrogen-bond acceptors (Lipinski definition) is 3. The standard InChI is InChI=1S/C8H20N2O3S/c1-7(2)5-9-14(12,13)10(4)8(3)6-11/h7-9,11H,5-6H2,1-4H3. The Morgan fingerprint density at radius 1 is 1.36 bits per heavy atom. The van der Waals surface area contributed by atoms with Crippen LogP contribution >= 0.6 is 0 Å². The molecule has 5 nitrogen and oxygen atoms in total. The van der Waals surface area contributed by atoms with E-state index in [4.69, 9.17) is 5.11 Å². The van der Waals surface area contributed by atoms with E-state index in [1.807, 2.05) is 13.8 Å². The smallest absolute Gasteiger partial charge is 0.279 e. The summed E-state index contributed by atoms with van der Waals surface area (Å²) in [4.78, 5) is 0. The summed E-state index contributed by atoms with van der Waals surface area (Å²) in [7, 11) is -2.00. The summed E-state index contributed by atoms with van der Waals surface area (Å²) in [6.45, 7) is 5.73. The molecule has 2 N–H and O–H groups in total. The summed E-state index contributed by atoms with van der Waals surface area (Å²) in [6, 6.07) is -0.403. The van der Waals surface area contributed by atoms with Crippen molar-refractivity contribution in [3.8, 4) is 0 Å². The SMILES string of the molecule is CC(C)CNS(=O)(=O)N(C)C(C)CO. The number of nitrogens with zero attached hydrogens (tertiary/aromatic N) is 1. The van der Waals surface area contributed by atoms with Crippen molar-refractivity contribution >= 4 is 10.2 Å². The molecule has 0 amide bonds. The summed E-state index contributed by atoms with van der Waals surface area (Å²) in [6.07, 6.45) is 0. The molecule has 0 bridgehead atoms. The predicted molar refractivity (Wildman–Crippen MR) is 56.1 cm³/mol. The van der Waals surface area contributed by atoms with Crippen molar-refractivity contribution < 1.29 is 13.5 Å². The molecule has 0 heterocycles. The fourth-order valence-corrected chi connectivity index (χ4v) is 2.01. The van der Waals surface area contributed by atoms with Crippen molar-refractivity contribution in [3.63, 3.8) is 0 Å². The van der Waals surface area contributed by atoms with E-state index < -0.39 is 16.3 Å². The van der Waals surface area contributed by atoms with Gasteiger partial charge in [-0.3, -0.25) is 0 Å². The van der Waals surface area contributed by atoms with E-state index in [0.717, 1.165) is 4.31 Å². The highest BCUT2D eigenvalue weighted by atomic mass is 32.2. The maximum atomic E-state index is 11.5. The van der Waals surface area contributed by atoms with Crippen LogP contribution in [0.2, 0.25) is 0 Å². The summed E-state index contributed by atoms with van der Waals surface area (Å²) in [5.41, 5.74) is 0. The number of nitrogens with one attached hydrogen (secondary N) is 1. The van der Waals surface area contributed by atoms with Gasteiger partial charge in [0.1, 0.15) is 0 Å². The molecule has 14 heavy (non-hydrogen) atoms. The fraction of sp³-hybridized carbons (Fsp3) is 1.00. The Hall–Kier alpha value is -0.170. The molecule has 0 saturated carbocycles. The van der Waals surface area contributed by atoms with Gasteiger partial charge >= 0.3 is 0 Å². The topological polar surface area (TPSA) is 69.6 Å². The van der Waals surface area contributed by atoms with E-state index >= 15 is 0 Å². The van der Waals surface area contributed by atoms with Crippen LogP contribution in [0.3, 0.4) is 0 Å². The van der Waals surface area contributed by atoms with Crippen LogP contribution in [0.25, 0.3) is 0 Å². The summed E-state index contributed by atoms with van der Waals surface area (Å²) in [5.74, 6) is 0.266. The van der Waals surface area contributed by atoms with E-state index in [-0.39, 0.29) is 12.5 Å². The molecular weight excluding hydrogens is 204 g/mol. The van der Waals surface area contributed by atoms with Gasteiger partial charge in [-0.1, -0.05) is 13.8 Å². The fourth-order valence-electron chi connectivity index (χ4n) is 0.726. The van der Waals surface area contributed by atoms with Crippen molar-refractivity contribution in [3.05, 3.63) is 0 Å². The Labute approximate surface area is 86.3 Å². The van der Waals surface area contributed by atoms with Crippen molar-refractivity contribution in [1.82, 2.24) is 9.03 Å². The van der Waals surface area contributed by atoms with Crippen LogP contribution < -0.4 is 4.72 Å². The minimum absolute atomic E-state index is 0.181. The first-order valence-corrected chi connectivity index (χ1v) is 6.08. The molecule has 1 atom stereocenters. The molecule has 0 aromatic heterocycles. The zero-order valence-electron chi connectivity index (χ0n) is 9.19. The third kappa shape index (κ3) is 4.36. The minimum atomic E-state index is -3.44. The third-order valence-corrected chi connectivity index (χ3v) is 3.59. The number of aliphatic hydroxyl groups excluding tert-OH is 1. The highest BCUT2D eigenvalue weighted by Gasteiger charge is 2.21. The van der Waals surface area contributed by atoms with Crippen LogP contribution in [0, 0.1) is 5.92 Å². The molecule has 0 spiro atoms. The van der Waals surface area contributed by atoms with E-state index in [1.165, 1.54) is 7.05 Å². The monoisotopic (exact) mass is 224 g/mol. The second kappa shape index (κ2) is 5.65. The summed E-state index contributed by atoms with van der Waals surface area (Å²) in [5, 5.41) is 8.81. The molecular formula is C8H20N2O3S. The Morgan fingerprint density at radius 3 is 2.21 bits per heavy atom. The first-order valence-electron chi connectivity index (χ1n) is 4.64. The maximum absolute atomic E-state index is 11.5. The molecule has 0 aliphatic rings.